The molecular formula is C9H15BrN2OS. The highest BCUT2D eigenvalue weighted by Gasteiger charge is 2.00. The van der Waals surface area contributed by atoms with Crippen molar-refractivity contribution in [2.75, 3.05) is 11.0 Å². The van der Waals surface area contributed by atoms with Gasteiger partial charge in [-0.1, -0.05) is 13.8 Å². The first-order valence-electron chi connectivity index (χ1n) is 4.32. The van der Waals surface area contributed by atoms with E-state index in [4.69, 9.17) is 0 Å². The minimum atomic E-state index is -1.03. The molecule has 80 valence electrons. The third kappa shape index (κ3) is 4.72. The summed E-state index contributed by atoms with van der Waals surface area (Å²) in [5, 5.41) is 0. The van der Waals surface area contributed by atoms with E-state index >= 15 is 0 Å². The number of aryl methyl sites for hydroxylation is 1. The molecule has 5 heteroatoms. The Labute approximate surface area is 96.0 Å². The number of pyridine rings is 1. The molecule has 0 aliphatic heterocycles. The second kappa shape index (κ2) is 6.95. The van der Waals surface area contributed by atoms with Gasteiger partial charge in [-0.05, 0) is 34.5 Å². The highest BCUT2D eigenvalue weighted by atomic mass is 79.9. The molecule has 1 atom stereocenters. The molecule has 1 unspecified atom stereocenters. The second-order valence-corrected chi connectivity index (χ2v) is 4.30. The van der Waals surface area contributed by atoms with E-state index in [-0.39, 0.29) is 0 Å². The molecule has 1 N–H and O–H groups in total. The van der Waals surface area contributed by atoms with Gasteiger partial charge in [0.1, 0.15) is 15.6 Å². The third-order valence-electron chi connectivity index (χ3n) is 1.32. The molecule has 3 nitrogen and oxygen atoms in total. The summed E-state index contributed by atoms with van der Waals surface area (Å²) >= 11 is 3.24. The fourth-order valence-electron chi connectivity index (χ4n) is 0.763. The summed E-state index contributed by atoms with van der Waals surface area (Å²) in [7, 11) is -1.03. The van der Waals surface area contributed by atoms with Crippen molar-refractivity contribution < 1.29 is 4.21 Å². The molecule has 1 aromatic heterocycles. The lowest BCUT2D eigenvalue weighted by molar-refractivity contribution is 0.690. The van der Waals surface area contributed by atoms with Crippen LogP contribution in [-0.2, 0) is 11.0 Å². The van der Waals surface area contributed by atoms with Gasteiger partial charge in [-0.25, -0.2) is 9.19 Å². The van der Waals surface area contributed by atoms with Crippen molar-refractivity contribution in [2.24, 2.45) is 0 Å². The highest BCUT2D eigenvalue weighted by Crippen LogP contribution is 2.17. The second-order valence-electron chi connectivity index (χ2n) is 2.38. The highest BCUT2D eigenvalue weighted by molar-refractivity contribution is 9.10. The van der Waals surface area contributed by atoms with Crippen LogP contribution in [0.3, 0.4) is 0 Å². The molecular weight excluding hydrogens is 264 g/mol. The van der Waals surface area contributed by atoms with Gasteiger partial charge >= 0.3 is 0 Å². The Kier molecular flexibility index (Phi) is 6.74. The smallest absolute Gasteiger partial charge is 0.113 e. The van der Waals surface area contributed by atoms with Crippen LogP contribution in [0, 0.1) is 6.92 Å². The zero-order chi connectivity index (χ0) is 11.1. The van der Waals surface area contributed by atoms with Crippen LogP contribution < -0.4 is 4.72 Å². The summed E-state index contributed by atoms with van der Waals surface area (Å²) in [6.07, 6.45) is 3.31. The molecule has 1 heterocycles. The van der Waals surface area contributed by atoms with E-state index in [1.807, 2.05) is 20.8 Å². The normalized spacial score (nSPS) is 11.2. The largest absolute Gasteiger partial charge is 0.305 e. The van der Waals surface area contributed by atoms with E-state index in [1.54, 1.807) is 18.5 Å². The Morgan fingerprint density at radius 2 is 2.07 bits per heavy atom. The fraction of sp³-hybridized carbons (Fsp3) is 0.444. The van der Waals surface area contributed by atoms with Crippen LogP contribution in [0.2, 0.25) is 0 Å². The maximum absolute atomic E-state index is 10.8. The van der Waals surface area contributed by atoms with Crippen molar-refractivity contribution in [3.8, 4) is 0 Å². The van der Waals surface area contributed by atoms with Crippen LogP contribution in [0.15, 0.2) is 16.9 Å². The molecule has 0 aromatic carbocycles. The lowest BCUT2D eigenvalue weighted by Gasteiger charge is -2.05. The molecule has 0 spiro atoms. The number of nitrogens with one attached hydrogen (secondary N) is 1. The molecule has 1 aromatic rings. The summed E-state index contributed by atoms with van der Waals surface area (Å²) in [5.41, 5.74) is 1.83. The molecule has 0 amide bonds. The van der Waals surface area contributed by atoms with Gasteiger partial charge in [-0.2, -0.15) is 0 Å². The molecule has 0 aliphatic rings. The average Bonchev–Trinajstić information content (AvgIpc) is 2.14. The van der Waals surface area contributed by atoms with Crippen molar-refractivity contribution in [3.63, 3.8) is 0 Å². The van der Waals surface area contributed by atoms with E-state index in [2.05, 4.69) is 25.6 Å². The Hall–Kier alpha value is -0.420. The van der Waals surface area contributed by atoms with Gasteiger partial charge in [0, 0.05) is 12.5 Å². The van der Waals surface area contributed by atoms with Gasteiger partial charge in [0.2, 0.25) is 0 Å². The summed E-state index contributed by atoms with van der Waals surface area (Å²) < 4.78 is 14.4. The zero-order valence-electron chi connectivity index (χ0n) is 8.80. The number of nitrogens with zero attached hydrogens (tertiary/aromatic N) is 1. The van der Waals surface area contributed by atoms with Gasteiger partial charge in [0.05, 0.1) is 5.69 Å². The minimum absolute atomic E-state index is 0.737. The number of rotatable bonds is 2. The topological polar surface area (TPSA) is 42.0 Å². The number of anilines is 1. The zero-order valence-corrected chi connectivity index (χ0v) is 11.2. The number of hydrogen-bond donors (Lipinski definition) is 1. The van der Waals surface area contributed by atoms with Gasteiger partial charge in [0.15, 0.2) is 0 Å². The van der Waals surface area contributed by atoms with E-state index in [0.717, 1.165) is 15.9 Å². The molecule has 0 bridgehead atoms. The van der Waals surface area contributed by atoms with Crippen LogP contribution in [0.5, 0.6) is 0 Å². The van der Waals surface area contributed by atoms with Gasteiger partial charge in [0.25, 0.3) is 0 Å². The minimum Gasteiger partial charge on any atom is -0.305 e. The Morgan fingerprint density at radius 3 is 2.57 bits per heavy atom. The molecule has 0 saturated heterocycles. The first-order valence-corrected chi connectivity index (χ1v) is 6.67. The maximum Gasteiger partial charge on any atom is 0.113 e. The van der Waals surface area contributed by atoms with Crippen molar-refractivity contribution in [1.29, 1.82) is 0 Å². The quantitative estimate of drug-likeness (QED) is 0.846. The number of halogens is 1. The van der Waals surface area contributed by atoms with Crippen molar-refractivity contribution >= 4 is 32.6 Å². The van der Waals surface area contributed by atoms with E-state index < -0.39 is 11.0 Å². The average molecular weight is 279 g/mol. The standard InChI is InChI=1S/C7H9BrN2OS.C2H6/c1-5-4-9-7(8)3-6(5)10-12(2)11;1-2/h3-4H,1-2H3,(H,9,10);1-2H3. The van der Waals surface area contributed by atoms with E-state index in [1.165, 1.54) is 0 Å². The third-order valence-corrected chi connectivity index (χ3v) is 2.26. The molecule has 0 radical (unpaired) electrons. The van der Waals surface area contributed by atoms with Crippen molar-refractivity contribution in [3.05, 3.63) is 22.4 Å². The molecule has 1 rings (SSSR count). The Bertz CT molecular complexity index is 318. The van der Waals surface area contributed by atoms with Crippen LogP contribution in [0.1, 0.15) is 19.4 Å². The lowest BCUT2D eigenvalue weighted by atomic mass is 10.3. The number of hydrogen-bond acceptors (Lipinski definition) is 2. The van der Waals surface area contributed by atoms with Gasteiger partial charge in [-0.15, -0.1) is 0 Å². The molecule has 0 aliphatic carbocycles. The summed E-state index contributed by atoms with van der Waals surface area (Å²) in [4.78, 5) is 4.02. The fourth-order valence-corrected chi connectivity index (χ4v) is 1.62. The summed E-state index contributed by atoms with van der Waals surface area (Å²) in [6.45, 7) is 5.91. The van der Waals surface area contributed by atoms with Crippen LogP contribution >= 0.6 is 15.9 Å². The predicted octanol–water partition coefficient (Wildman–Crippen LogP) is 2.88. The van der Waals surface area contributed by atoms with Crippen molar-refractivity contribution in [2.45, 2.75) is 20.8 Å². The van der Waals surface area contributed by atoms with E-state index in [9.17, 15) is 4.21 Å². The Morgan fingerprint density at radius 1 is 1.50 bits per heavy atom. The summed E-state index contributed by atoms with van der Waals surface area (Å²) in [6, 6.07) is 1.80. The van der Waals surface area contributed by atoms with Crippen molar-refractivity contribution in [1.82, 2.24) is 4.98 Å². The van der Waals surface area contributed by atoms with Gasteiger partial charge < -0.3 is 4.72 Å². The van der Waals surface area contributed by atoms with Gasteiger partial charge in [-0.3, -0.25) is 0 Å². The monoisotopic (exact) mass is 278 g/mol. The predicted molar refractivity (Wildman–Crippen MR) is 65.7 cm³/mol. The lowest BCUT2D eigenvalue weighted by Crippen LogP contribution is -2.03. The maximum atomic E-state index is 10.8. The van der Waals surface area contributed by atoms with Crippen LogP contribution in [0.4, 0.5) is 5.69 Å². The summed E-state index contributed by atoms with van der Waals surface area (Å²) in [5.74, 6) is 0. The molecule has 0 fully saturated rings. The molecule has 0 saturated carbocycles. The SMILES string of the molecule is CC.Cc1cnc(Br)cc1NS(C)=O. The first-order chi connectivity index (χ1) is 6.59. The molecule has 14 heavy (non-hydrogen) atoms. The van der Waals surface area contributed by atoms with E-state index in [0.29, 0.717) is 0 Å². The first kappa shape index (κ1) is 13.6. The van der Waals surface area contributed by atoms with Crippen LogP contribution in [-0.4, -0.2) is 15.4 Å². The van der Waals surface area contributed by atoms with Crippen LogP contribution in [0.25, 0.3) is 0 Å². The number of aromatic nitrogens is 1. The Balaban J connectivity index is 0.000000791.